The van der Waals surface area contributed by atoms with Gasteiger partial charge < -0.3 is 19.5 Å². The van der Waals surface area contributed by atoms with Gasteiger partial charge in [0.05, 0.1) is 20.3 Å². The van der Waals surface area contributed by atoms with Gasteiger partial charge in [0.15, 0.2) is 0 Å². The monoisotopic (exact) mass is 367 g/mol. The average Bonchev–Trinajstić information content (AvgIpc) is 3.33. The molecule has 1 saturated heterocycles. The number of fused-ring (bicyclic) bond motifs is 1. The molecular weight excluding hydrogens is 342 g/mol. The number of rotatable bonds is 6. The van der Waals surface area contributed by atoms with Gasteiger partial charge in [-0.1, -0.05) is 6.07 Å². The van der Waals surface area contributed by atoms with E-state index in [2.05, 4.69) is 28.9 Å². The Morgan fingerprint density at radius 2 is 2.11 bits per heavy atom. The Balaban J connectivity index is 1.80. The lowest BCUT2D eigenvalue weighted by atomic mass is 10.1. The van der Waals surface area contributed by atoms with E-state index in [9.17, 15) is 0 Å². The fourth-order valence-electron chi connectivity index (χ4n) is 3.52. The minimum atomic E-state index is 0.242. The van der Waals surface area contributed by atoms with Crippen molar-refractivity contribution in [2.24, 2.45) is 0 Å². The van der Waals surface area contributed by atoms with Gasteiger partial charge in [0.25, 0.3) is 0 Å². The third-order valence-electron chi connectivity index (χ3n) is 4.95. The number of benzene rings is 1. The largest absolute Gasteiger partial charge is 0.497 e. The van der Waals surface area contributed by atoms with E-state index in [-0.39, 0.29) is 6.10 Å². The summed E-state index contributed by atoms with van der Waals surface area (Å²) in [6.45, 7) is 3.68. The number of methoxy groups -OCH3 is 2. The highest BCUT2D eigenvalue weighted by Crippen LogP contribution is 2.37. The third kappa shape index (κ3) is 3.45. The summed E-state index contributed by atoms with van der Waals surface area (Å²) >= 11 is 0. The first-order valence-electron chi connectivity index (χ1n) is 9.26. The van der Waals surface area contributed by atoms with Crippen LogP contribution < -0.4 is 14.8 Å². The zero-order chi connectivity index (χ0) is 18.8. The first-order valence-corrected chi connectivity index (χ1v) is 9.26. The van der Waals surface area contributed by atoms with Gasteiger partial charge in [-0.25, -0.2) is 4.98 Å². The zero-order valence-electron chi connectivity index (χ0n) is 16.0. The van der Waals surface area contributed by atoms with Crippen LogP contribution in [0.4, 0.5) is 5.82 Å². The highest BCUT2D eigenvalue weighted by atomic mass is 16.5. The minimum Gasteiger partial charge on any atom is -0.497 e. The first-order chi connectivity index (χ1) is 13.2. The van der Waals surface area contributed by atoms with Gasteiger partial charge in [-0.15, -0.1) is 0 Å². The maximum Gasteiger partial charge on any atom is 0.139 e. The van der Waals surface area contributed by atoms with E-state index < -0.39 is 0 Å². The van der Waals surface area contributed by atoms with Crippen LogP contribution in [0, 0.1) is 6.92 Å². The molecule has 1 atom stereocenters. The number of pyridine rings is 1. The van der Waals surface area contributed by atoms with E-state index in [0.717, 1.165) is 60.2 Å². The summed E-state index contributed by atoms with van der Waals surface area (Å²) in [6, 6.07) is 9.91. The Morgan fingerprint density at radius 3 is 2.85 bits per heavy atom. The molecule has 6 heteroatoms. The van der Waals surface area contributed by atoms with Gasteiger partial charge in [0.1, 0.15) is 28.7 Å². The van der Waals surface area contributed by atoms with Crippen LogP contribution in [-0.2, 0) is 4.74 Å². The quantitative estimate of drug-likeness (QED) is 0.716. The molecule has 27 heavy (non-hydrogen) atoms. The van der Waals surface area contributed by atoms with E-state index in [1.807, 2.05) is 24.3 Å². The number of hydrogen-bond acceptors (Lipinski definition) is 5. The van der Waals surface area contributed by atoms with E-state index in [1.165, 1.54) is 5.56 Å². The van der Waals surface area contributed by atoms with Gasteiger partial charge in [-0.05, 0) is 43.5 Å². The van der Waals surface area contributed by atoms with Crippen LogP contribution in [0.1, 0.15) is 18.4 Å². The molecule has 1 aliphatic rings. The van der Waals surface area contributed by atoms with Gasteiger partial charge in [0, 0.05) is 31.0 Å². The van der Waals surface area contributed by atoms with Gasteiger partial charge in [-0.2, -0.15) is 0 Å². The minimum absolute atomic E-state index is 0.242. The van der Waals surface area contributed by atoms with Gasteiger partial charge in [-0.3, -0.25) is 4.40 Å². The fraction of sp³-hybridized carbons (Fsp3) is 0.381. The lowest BCUT2D eigenvalue weighted by Crippen LogP contribution is -2.19. The molecule has 3 heterocycles. The van der Waals surface area contributed by atoms with Crippen LogP contribution in [0.25, 0.3) is 16.9 Å². The van der Waals surface area contributed by atoms with Crippen molar-refractivity contribution in [3.63, 3.8) is 0 Å². The molecule has 0 bridgehead atoms. The Kier molecular flexibility index (Phi) is 4.90. The first kappa shape index (κ1) is 17.7. The second-order valence-electron chi connectivity index (χ2n) is 6.83. The van der Waals surface area contributed by atoms with Crippen LogP contribution >= 0.6 is 0 Å². The third-order valence-corrected chi connectivity index (χ3v) is 4.95. The molecular formula is C21H25N3O3. The number of nitrogens with one attached hydrogen (secondary N) is 1. The summed E-state index contributed by atoms with van der Waals surface area (Å²) in [5.74, 6) is 2.44. The van der Waals surface area contributed by atoms with Gasteiger partial charge >= 0.3 is 0 Å². The molecule has 0 aliphatic carbocycles. The number of aryl methyl sites for hydroxylation is 1. The summed E-state index contributed by atoms with van der Waals surface area (Å²) in [5, 5.41) is 3.57. The molecule has 1 N–H and O–H groups in total. The van der Waals surface area contributed by atoms with Crippen LogP contribution in [-0.4, -0.2) is 42.9 Å². The normalized spacial score (nSPS) is 16.6. The Labute approximate surface area is 159 Å². The van der Waals surface area contributed by atoms with Crippen molar-refractivity contribution >= 4 is 11.5 Å². The zero-order valence-corrected chi connectivity index (χ0v) is 16.0. The topological polar surface area (TPSA) is 57.0 Å². The second-order valence-corrected chi connectivity index (χ2v) is 6.83. The summed E-state index contributed by atoms with van der Waals surface area (Å²) in [7, 11) is 3.31. The molecule has 0 radical (unpaired) electrons. The molecule has 6 nitrogen and oxygen atoms in total. The smallest absolute Gasteiger partial charge is 0.139 e. The Hall–Kier alpha value is -2.73. The Morgan fingerprint density at radius 1 is 1.22 bits per heavy atom. The maximum absolute atomic E-state index is 5.77. The molecule has 0 amide bonds. The molecule has 0 saturated carbocycles. The maximum atomic E-state index is 5.77. The van der Waals surface area contributed by atoms with Crippen molar-refractivity contribution in [1.82, 2.24) is 9.38 Å². The van der Waals surface area contributed by atoms with E-state index in [4.69, 9.17) is 19.2 Å². The predicted octanol–water partition coefficient (Wildman–Crippen LogP) is 3.92. The molecule has 3 aromatic rings. The average molecular weight is 367 g/mol. The van der Waals surface area contributed by atoms with Crippen LogP contribution in [0.2, 0.25) is 0 Å². The molecule has 142 valence electrons. The molecule has 0 unspecified atom stereocenters. The van der Waals surface area contributed by atoms with E-state index >= 15 is 0 Å². The molecule has 1 aliphatic heterocycles. The number of aromatic nitrogens is 2. The number of imidazole rings is 1. The summed E-state index contributed by atoms with van der Waals surface area (Å²) in [4.78, 5) is 4.87. The van der Waals surface area contributed by atoms with Crippen molar-refractivity contribution in [2.45, 2.75) is 25.9 Å². The number of nitrogens with zero attached hydrogens (tertiary/aromatic N) is 2. The van der Waals surface area contributed by atoms with Crippen LogP contribution in [0.5, 0.6) is 11.5 Å². The van der Waals surface area contributed by atoms with Crippen molar-refractivity contribution in [3.05, 3.63) is 42.1 Å². The van der Waals surface area contributed by atoms with Gasteiger partial charge in [0.2, 0.25) is 0 Å². The molecule has 2 aromatic heterocycles. The fourth-order valence-corrected chi connectivity index (χ4v) is 3.52. The van der Waals surface area contributed by atoms with Crippen molar-refractivity contribution < 1.29 is 14.2 Å². The number of anilines is 1. The molecule has 0 spiro atoms. The number of hydrogen-bond donors (Lipinski definition) is 1. The molecule has 4 rings (SSSR count). The standard InChI is InChI=1S/C21H25N3O3/c1-14-6-9-19-23-20(17-8-7-15(25-2)11-18(17)26-3)21(24(19)13-14)22-12-16-5-4-10-27-16/h6-9,11,13,16,22H,4-5,10,12H2,1-3H3/t16-/m0/s1. The van der Waals surface area contributed by atoms with E-state index in [1.54, 1.807) is 14.2 Å². The van der Waals surface area contributed by atoms with Crippen LogP contribution in [0.15, 0.2) is 36.5 Å². The van der Waals surface area contributed by atoms with Crippen molar-refractivity contribution in [1.29, 1.82) is 0 Å². The summed E-state index contributed by atoms with van der Waals surface area (Å²) in [5.41, 5.74) is 3.85. The highest BCUT2D eigenvalue weighted by Gasteiger charge is 2.21. The SMILES string of the molecule is COc1ccc(-c2nc3ccc(C)cn3c2NC[C@@H]2CCCO2)c(OC)c1. The van der Waals surface area contributed by atoms with Crippen molar-refractivity contribution in [3.8, 4) is 22.8 Å². The second kappa shape index (κ2) is 7.48. The van der Waals surface area contributed by atoms with E-state index in [0.29, 0.717) is 0 Å². The summed E-state index contributed by atoms with van der Waals surface area (Å²) in [6.07, 6.45) is 4.55. The lowest BCUT2D eigenvalue weighted by molar-refractivity contribution is 0.120. The Bertz CT molecular complexity index is 945. The summed E-state index contributed by atoms with van der Waals surface area (Å²) < 4.78 is 18.8. The molecule has 1 aromatic carbocycles. The highest BCUT2D eigenvalue weighted by molar-refractivity contribution is 5.81. The van der Waals surface area contributed by atoms with Crippen molar-refractivity contribution in [2.75, 3.05) is 32.7 Å². The number of ether oxygens (including phenoxy) is 3. The lowest BCUT2D eigenvalue weighted by Gasteiger charge is -2.15. The predicted molar refractivity (Wildman–Crippen MR) is 106 cm³/mol. The van der Waals surface area contributed by atoms with Crippen LogP contribution in [0.3, 0.4) is 0 Å². The molecule has 1 fully saturated rings.